The maximum absolute atomic E-state index is 12.4. The van der Waals surface area contributed by atoms with Crippen LogP contribution in [0.5, 0.6) is 0 Å². The monoisotopic (exact) mass is 369 g/mol. The molecule has 132 valence electrons. The summed E-state index contributed by atoms with van der Waals surface area (Å²) in [5, 5.41) is 10.7. The minimum atomic E-state index is -3.76. The van der Waals surface area contributed by atoms with Crippen LogP contribution in [0.25, 0.3) is 5.65 Å². The molecular weight excluding hydrogens is 354 g/mol. The molecule has 0 aliphatic rings. The number of fused-ring (bicyclic) bond motifs is 1. The predicted octanol–water partition coefficient (Wildman–Crippen LogP) is 0.571. The van der Waals surface area contributed by atoms with E-state index in [0.29, 0.717) is 11.5 Å². The van der Waals surface area contributed by atoms with Gasteiger partial charge < -0.3 is 5.32 Å². The van der Waals surface area contributed by atoms with Crippen LogP contribution in [-0.4, -0.2) is 35.5 Å². The Morgan fingerprint density at radius 2 is 2.04 bits per heavy atom. The van der Waals surface area contributed by atoms with Crippen molar-refractivity contribution in [2.45, 2.75) is 11.4 Å². The number of terminal acetylenes is 1. The Morgan fingerprint density at radius 1 is 1.19 bits per heavy atom. The van der Waals surface area contributed by atoms with Crippen LogP contribution < -0.4 is 10.0 Å². The highest BCUT2D eigenvalue weighted by molar-refractivity contribution is 7.89. The number of hydrogen-bond acceptors (Lipinski definition) is 5. The highest BCUT2D eigenvalue weighted by atomic mass is 32.2. The molecule has 0 spiro atoms. The van der Waals surface area contributed by atoms with E-state index in [2.05, 4.69) is 26.2 Å². The summed E-state index contributed by atoms with van der Waals surface area (Å²) in [6.45, 7) is 0.0229. The van der Waals surface area contributed by atoms with Crippen molar-refractivity contribution < 1.29 is 13.2 Å². The first-order valence-corrected chi connectivity index (χ1v) is 9.09. The van der Waals surface area contributed by atoms with Gasteiger partial charge in [0, 0.05) is 11.8 Å². The Bertz CT molecular complexity index is 1100. The van der Waals surface area contributed by atoms with Gasteiger partial charge in [0.1, 0.15) is 0 Å². The van der Waals surface area contributed by atoms with Gasteiger partial charge in [-0.1, -0.05) is 18.1 Å². The molecule has 8 nitrogen and oxygen atoms in total. The summed E-state index contributed by atoms with van der Waals surface area (Å²) < 4.78 is 28.2. The quantitative estimate of drug-likeness (QED) is 0.618. The fourth-order valence-corrected chi connectivity index (χ4v) is 3.28. The van der Waals surface area contributed by atoms with Crippen LogP contribution >= 0.6 is 0 Å². The maximum Gasteiger partial charge on any atom is 0.251 e. The minimum absolute atomic E-state index is 0.0340. The average Bonchev–Trinajstić information content (AvgIpc) is 3.08. The zero-order chi connectivity index (χ0) is 18.6. The Kier molecular flexibility index (Phi) is 4.97. The fraction of sp³-hybridized carbons (Fsp3) is 0.118. The van der Waals surface area contributed by atoms with E-state index in [0.717, 1.165) is 0 Å². The topological polar surface area (TPSA) is 105 Å². The van der Waals surface area contributed by atoms with E-state index in [1.165, 1.54) is 24.3 Å². The third-order valence-corrected chi connectivity index (χ3v) is 4.96. The van der Waals surface area contributed by atoms with Crippen molar-refractivity contribution in [3.05, 3.63) is 60.0 Å². The number of benzene rings is 1. The number of rotatable bonds is 6. The average molecular weight is 369 g/mol. The van der Waals surface area contributed by atoms with Gasteiger partial charge in [-0.15, -0.1) is 16.6 Å². The van der Waals surface area contributed by atoms with Crippen LogP contribution in [-0.2, 0) is 16.6 Å². The molecular formula is C17H15N5O3S. The lowest BCUT2D eigenvalue weighted by Gasteiger charge is -2.07. The fourth-order valence-electron chi connectivity index (χ4n) is 2.30. The highest BCUT2D eigenvalue weighted by Crippen LogP contribution is 2.12. The summed E-state index contributed by atoms with van der Waals surface area (Å²) in [5.74, 6) is 2.34. The second kappa shape index (κ2) is 7.35. The molecule has 0 bridgehead atoms. The minimum Gasteiger partial charge on any atom is -0.345 e. The van der Waals surface area contributed by atoms with E-state index in [4.69, 9.17) is 6.42 Å². The van der Waals surface area contributed by atoms with E-state index in [1.54, 1.807) is 16.7 Å². The number of nitrogens with one attached hydrogen (secondary N) is 2. The van der Waals surface area contributed by atoms with Gasteiger partial charge in [0.15, 0.2) is 11.5 Å². The van der Waals surface area contributed by atoms with E-state index in [9.17, 15) is 13.2 Å². The number of carbonyl (C=O) groups is 1. The molecule has 1 amide bonds. The Hall–Kier alpha value is -3.22. The largest absolute Gasteiger partial charge is 0.345 e. The van der Waals surface area contributed by atoms with E-state index >= 15 is 0 Å². The SMILES string of the molecule is C#CCNS(=O)(=O)c1cccc(C(=O)NCc2nnc3ccccn23)c1. The van der Waals surface area contributed by atoms with Gasteiger partial charge in [0.2, 0.25) is 10.0 Å². The predicted molar refractivity (Wildman–Crippen MR) is 94.6 cm³/mol. The second-order valence-corrected chi connectivity index (χ2v) is 7.05. The summed E-state index contributed by atoms with van der Waals surface area (Å²) >= 11 is 0. The molecule has 0 aliphatic carbocycles. The molecule has 3 rings (SSSR count). The molecule has 26 heavy (non-hydrogen) atoms. The van der Waals surface area contributed by atoms with Crippen molar-refractivity contribution in [2.75, 3.05) is 6.54 Å². The Morgan fingerprint density at radius 3 is 2.85 bits per heavy atom. The molecule has 0 fully saturated rings. The third kappa shape index (κ3) is 3.72. The van der Waals surface area contributed by atoms with Gasteiger partial charge in [0.05, 0.1) is 18.0 Å². The van der Waals surface area contributed by atoms with E-state index < -0.39 is 15.9 Å². The Labute approximate surface area is 150 Å². The summed E-state index contributed by atoms with van der Waals surface area (Å²) in [5.41, 5.74) is 0.881. The van der Waals surface area contributed by atoms with Crippen LogP contribution in [0.15, 0.2) is 53.6 Å². The van der Waals surface area contributed by atoms with Crippen LogP contribution in [0.4, 0.5) is 0 Å². The number of sulfonamides is 1. The lowest BCUT2D eigenvalue weighted by atomic mass is 10.2. The van der Waals surface area contributed by atoms with Crippen molar-refractivity contribution >= 4 is 21.6 Å². The van der Waals surface area contributed by atoms with Gasteiger partial charge in [-0.05, 0) is 30.3 Å². The number of aromatic nitrogens is 3. The molecule has 0 unspecified atom stereocenters. The van der Waals surface area contributed by atoms with Crippen molar-refractivity contribution in [1.82, 2.24) is 24.6 Å². The van der Waals surface area contributed by atoms with Crippen LogP contribution in [0.1, 0.15) is 16.2 Å². The molecule has 2 aromatic heterocycles. The first-order chi connectivity index (χ1) is 12.5. The van der Waals surface area contributed by atoms with Gasteiger partial charge >= 0.3 is 0 Å². The van der Waals surface area contributed by atoms with Crippen molar-refractivity contribution in [2.24, 2.45) is 0 Å². The number of nitrogens with zero attached hydrogens (tertiary/aromatic N) is 3. The van der Waals surface area contributed by atoms with E-state index in [1.807, 2.05) is 12.1 Å². The number of carbonyl (C=O) groups excluding carboxylic acids is 1. The number of hydrogen-bond donors (Lipinski definition) is 2. The molecule has 2 N–H and O–H groups in total. The molecule has 9 heteroatoms. The van der Waals surface area contributed by atoms with Gasteiger partial charge in [-0.25, -0.2) is 8.42 Å². The second-order valence-electron chi connectivity index (χ2n) is 5.28. The zero-order valence-corrected chi connectivity index (χ0v) is 14.4. The molecule has 2 heterocycles. The molecule has 1 aromatic carbocycles. The first kappa shape index (κ1) is 17.6. The first-order valence-electron chi connectivity index (χ1n) is 7.61. The lowest BCUT2D eigenvalue weighted by molar-refractivity contribution is 0.0949. The van der Waals surface area contributed by atoms with Gasteiger partial charge in [-0.2, -0.15) is 4.72 Å². The summed E-state index contributed by atoms with van der Waals surface area (Å²) in [6.07, 6.45) is 6.86. The Balaban J connectivity index is 1.74. The van der Waals surface area contributed by atoms with Crippen LogP contribution in [0.3, 0.4) is 0 Å². The molecule has 0 atom stereocenters. The highest BCUT2D eigenvalue weighted by Gasteiger charge is 2.16. The lowest BCUT2D eigenvalue weighted by Crippen LogP contribution is -2.26. The summed E-state index contributed by atoms with van der Waals surface area (Å²) in [7, 11) is -3.76. The molecule has 0 saturated heterocycles. The molecule has 0 aliphatic heterocycles. The zero-order valence-electron chi connectivity index (χ0n) is 13.6. The van der Waals surface area contributed by atoms with Gasteiger partial charge in [-0.3, -0.25) is 9.20 Å². The molecule has 3 aromatic rings. The van der Waals surface area contributed by atoms with Crippen molar-refractivity contribution in [3.8, 4) is 12.3 Å². The van der Waals surface area contributed by atoms with Crippen molar-refractivity contribution in [1.29, 1.82) is 0 Å². The van der Waals surface area contributed by atoms with Crippen molar-refractivity contribution in [3.63, 3.8) is 0 Å². The maximum atomic E-state index is 12.4. The number of amides is 1. The summed E-state index contributed by atoms with van der Waals surface area (Å²) in [6, 6.07) is 11.2. The molecule has 0 radical (unpaired) electrons. The number of pyridine rings is 1. The van der Waals surface area contributed by atoms with Gasteiger partial charge in [0.25, 0.3) is 5.91 Å². The third-order valence-electron chi connectivity index (χ3n) is 3.56. The van der Waals surface area contributed by atoms with Crippen LogP contribution in [0, 0.1) is 12.3 Å². The van der Waals surface area contributed by atoms with E-state index in [-0.39, 0.29) is 23.5 Å². The summed E-state index contributed by atoms with van der Waals surface area (Å²) in [4.78, 5) is 12.3. The van der Waals surface area contributed by atoms with Crippen LogP contribution in [0.2, 0.25) is 0 Å². The smallest absolute Gasteiger partial charge is 0.251 e. The normalized spacial score (nSPS) is 11.2. The molecule has 0 saturated carbocycles. The standard InChI is InChI=1S/C17H15N5O3S/c1-2-9-19-26(24,25)14-7-5-6-13(11-14)17(23)18-12-16-21-20-15-8-3-4-10-22(15)16/h1,3-8,10-11,19H,9,12H2,(H,18,23).